The fourth-order valence-corrected chi connectivity index (χ4v) is 3.14. The Hall–Kier alpha value is -0.590. The van der Waals surface area contributed by atoms with E-state index in [9.17, 15) is 9.59 Å². The average molecular weight is 405 g/mol. The lowest BCUT2D eigenvalue weighted by Crippen LogP contribution is -2.27. The molecule has 0 saturated heterocycles. The number of unbranched alkanes of at least 4 members (excludes halogenated alkanes) is 8. The third-order valence-corrected chi connectivity index (χ3v) is 4.65. The van der Waals surface area contributed by atoms with Gasteiger partial charge in [0, 0.05) is 19.3 Å². The van der Waals surface area contributed by atoms with Gasteiger partial charge in [0.05, 0.1) is 13.2 Å². The molecule has 0 radical (unpaired) electrons. The third-order valence-electron chi connectivity index (χ3n) is 3.75. The molecule has 0 aromatic rings. The lowest BCUT2D eigenvalue weighted by Gasteiger charge is -2.19. The number of ether oxygens (including phenoxy) is 3. The number of hydrogen-bond acceptors (Lipinski definition) is 6. The zero-order chi connectivity index (χ0) is 20.4. The van der Waals surface area contributed by atoms with Crippen molar-refractivity contribution < 1.29 is 23.8 Å². The van der Waals surface area contributed by atoms with Crippen LogP contribution in [0.15, 0.2) is 0 Å². The number of thioether (sulfide) groups is 1. The van der Waals surface area contributed by atoms with Gasteiger partial charge in [-0.3, -0.25) is 4.79 Å². The molecule has 0 unspecified atom stereocenters. The summed E-state index contributed by atoms with van der Waals surface area (Å²) in [5.74, 6) is 0.638. The van der Waals surface area contributed by atoms with E-state index < -0.39 is 5.60 Å². The van der Waals surface area contributed by atoms with Gasteiger partial charge in [-0.2, -0.15) is 0 Å². The SMILES string of the molecule is CC(=O)SCCCCCCCCCCCOCCOCC(=O)OC(C)(C)C. The van der Waals surface area contributed by atoms with Crippen LogP contribution >= 0.6 is 11.8 Å². The molecule has 0 atom stereocenters. The van der Waals surface area contributed by atoms with Gasteiger partial charge in [-0.25, -0.2) is 4.79 Å². The van der Waals surface area contributed by atoms with Gasteiger partial charge in [0.1, 0.15) is 12.2 Å². The van der Waals surface area contributed by atoms with Crippen molar-refractivity contribution in [2.24, 2.45) is 0 Å². The molecule has 0 heterocycles. The van der Waals surface area contributed by atoms with E-state index in [1.165, 1.54) is 56.7 Å². The molecule has 0 aliphatic rings. The number of esters is 1. The standard InChI is InChI=1S/C21H40O5S/c1-19(22)27-17-13-11-9-7-5-6-8-10-12-14-24-15-16-25-18-20(23)26-21(2,3)4/h5-18H2,1-4H3. The molecule has 0 aliphatic heterocycles. The summed E-state index contributed by atoms with van der Waals surface area (Å²) in [6, 6.07) is 0. The lowest BCUT2D eigenvalue weighted by atomic mass is 10.1. The monoisotopic (exact) mass is 404 g/mol. The number of rotatable bonds is 17. The van der Waals surface area contributed by atoms with Crippen LogP contribution in [0.1, 0.15) is 85.5 Å². The highest BCUT2D eigenvalue weighted by atomic mass is 32.2. The first-order valence-electron chi connectivity index (χ1n) is 10.3. The molecule has 6 heteroatoms. The number of hydrogen-bond donors (Lipinski definition) is 0. The van der Waals surface area contributed by atoms with Crippen molar-refractivity contribution in [1.29, 1.82) is 0 Å². The predicted molar refractivity (Wildman–Crippen MR) is 112 cm³/mol. The molecule has 0 rings (SSSR count). The van der Waals surface area contributed by atoms with Crippen LogP contribution in [0.25, 0.3) is 0 Å². The van der Waals surface area contributed by atoms with Gasteiger partial charge in [0.2, 0.25) is 0 Å². The Balaban J connectivity index is 3.15. The minimum absolute atomic E-state index is 0.0177. The van der Waals surface area contributed by atoms with Gasteiger partial charge in [0.15, 0.2) is 5.12 Å². The third kappa shape index (κ3) is 23.4. The van der Waals surface area contributed by atoms with E-state index >= 15 is 0 Å². The van der Waals surface area contributed by atoms with Crippen LogP contribution in [0.5, 0.6) is 0 Å². The Morgan fingerprint density at radius 3 is 1.81 bits per heavy atom. The summed E-state index contributed by atoms with van der Waals surface area (Å²) in [6.45, 7) is 8.83. The number of carbonyl (C=O) groups is 2. The summed E-state index contributed by atoms with van der Waals surface area (Å²) in [4.78, 5) is 22.2. The van der Waals surface area contributed by atoms with Crippen LogP contribution in [-0.2, 0) is 23.8 Å². The van der Waals surface area contributed by atoms with Gasteiger partial charge in [0.25, 0.3) is 0 Å². The summed E-state index contributed by atoms with van der Waals surface area (Å²) >= 11 is 1.44. The molecule has 0 saturated carbocycles. The fraction of sp³-hybridized carbons (Fsp3) is 0.905. The van der Waals surface area contributed by atoms with E-state index in [1.54, 1.807) is 6.92 Å². The normalized spacial score (nSPS) is 11.6. The van der Waals surface area contributed by atoms with Gasteiger partial charge < -0.3 is 14.2 Å². The van der Waals surface area contributed by atoms with Gasteiger partial charge >= 0.3 is 5.97 Å². The van der Waals surface area contributed by atoms with E-state index in [4.69, 9.17) is 14.2 Å². The van der Waals surface area contributed by atoms with E-state index in [2.05, 4.69) is 0 Å². The van der Waals surface area contributed by atoms with Crippen molar-refractivity contribution in [2.45, 2.75) is 91.1 Å². The van der Waals surface area contributed by atoms with Crippen LogP contribution in [0.3, 0.4) is 0 Å². The highest BCUT2D eigenvalue weighted by Gasteiger charge is 2.15. The molecule has 0 fully saturated rings. The highest BCUT2D eigenvalue weighted by molar-refractivity contribution is 8.13. The largest absolute Gasteiger partial charge is 0.458 e. The zero-order valence-corrected chi connectivity index (χ0v) is 18.7. The quantitative estimate of drug-likeness (QED) is 0.247. The summed E-state index contributed by atoms with van der Waals surface area (Å²) in [7, 11) is 0. The Morgan fingerprint density at radius 1 is 0.741 bits per heavy atom. The van der Waals surface area contributed by atoms with Gasteiger partial charge in [-0.1, -0.05) is 56.7 Å². The molecule has 0 amide bonds. The Bertz CT molecular complexity index is 379. The van der Waals surface area contributed by atoms with Gasteiger partial charge in [-0.15, -0.1) is 0 Å². The van der Waals surface area contributed by atoms with E-state index in [0.29, 0.717) is 13.2 Å². The second-order valence-corrected chi connectivity index (χ2v) is 9.05. The maximum absolute atomic E-state index is 11.4. The predicted octanol–water partition coefficient (Wildman–Crippen LogP) is 5.15. The van der Waals surface area contributed by atoms with E-state index in [-0.39, 0.29) is 17.7 Å². The lowest BCUT2D eigenvalue weighted by molar-refractivity contribution is -0.160. The van der Waals surface area contributed by atoms with Crippen molar-refractivity contribution in [1.82, 2.24) is 0 Å². The second-order valence-electron chi connectivity index (χ2n) is 7.77. The molecule has 0 bridgehead atoms. The molecular formula is C21H40O5S. The molecule has 27 heavy (non-hydrogen) atoms. The molecule has 0 aromatic heterocycles. The van der Waals surface area contributed by atoms with Crippen LogP contribution in [0.2, 0.25) is 0 Å². The molecule has 0 spiro atoms. The fourth-order valence-electron chi connectivity index (χ4n) is 2.51. The maximum Gasteiger partial charge on any atom is 0.332 e. The average Bonchev–Trinajstić information content (AvgIpc) is 2.55. The topological polar surface area (TPSA) is 61.8 Å². The molecule has 0 aliphatic carbocycles. The van der Waals surface area contributed by atoms with Crippen molar-refractivity contribution in [2.75, 3.05) is 32.2 Å². The van der Waals surface area contributed by atoms with Crippen LogP contribution in [0, 0.1) is 0 Å². The Labute approximate surface area is 170 Å². The van der Waals surface area contributed by atoms with E-state index in [0.717, 1.165) is 25.2 Å². The number of carbonyl (C=O) groups excluding carboxylic acids is 2. The van der Waals surface area contributed by atoms with Crippen LogP contribution in [0.4, 0.5) is 0 Å². The van der Waals surface area contributed by atoms with Crippen molar-refractivity contribution in [3.63, 3.8) is 0 Å². The smallest absolute Gasteiger partial charge is 0.332 e. The van der Waals surface area contributed by atoms with Crippen molar-refractivity contribution in [3.05, 3.63) is 0 Å². The molecule has 0 aromatic carbocycles. The van der Waals surface area contributed by atoms with Crippen molar-refractivity contribution in [3.8, 4) is 0 Å². The summed E-state index contributed by atoms with van der Waals surface area (Å²) in [6.07, 6.45) is 11.1. The Morgan fingerprint density at radius 2 is 1.26 bits per heavy atom. The first kappa shape index (κ1) is 26.4. The van der Waals surface area contributed by atoms with Crippen LogP contribution < -0.4 is 0 Å². The summed E-state index contributed by atoms with van der Waals surface area (Å²) in [5.41, 5.74) is -0.466. The Kier molecular flexibility index (Phi) is 17.1. The molecule has 5 nitrogen and oxygen atoms in total. The van der Waals surface area contributed by atoms with Gasteiger partial charge in [-0.05, 0) is 33.6 Å². The molecule has 160 valence electrons. The summed E-state index contributed by atoms with van der Waals surface area (Å²) in [5, 5.41) is 0.229. The van der Waals surface area contributed by atoms with Crippen LogP contribution in [-0.4, -0.2) is 48.9 Å². The van der Waals surface area contributed by atoms with E-state index in [1.807, 2.05) is 20.8 Å². The first-order valence-corrected chi connectivity index (χ1v) is 11.3. The second kappa shape index (κ2) is 17.5. The highest BCUT2D eigenvalue weighted by Crippen LogP contribution is 2.12. The maximum atomic E-state index is 11.4. The van der Waals surface area contributed by atoms with Crippen molar-refractivity contribution >= 4 is 22.8 Å². The minimum Gasteiger partial charge on any atom is -0.458 e. The zero-order valence-electron chi connectivity index (χ0n) is 17.8. The molecular weight excluding hydrogens is 364 g/mol. The summed E-state index contributed by atoms with van der Waals surface area (Å²) < 4.78 is 15.9. The minimum atomic E-state index is -0.466. The first-order chi connectivity index (χ1) is 12.8. The molecule has 0 N–H and O–H groups in total.